The van der Waals surface area contributed by atoms with Crippen molar-refractivity contribution < 1.29 is 28.6 Å². The number of hydrogen-bond acceptors (Lipinski definition) is 6. The van der Waals surface area contributed by atoms with Crippen molar-refractivity contribution in [2.45, 2.75) is 46.3 Å². The molecule has 1 aromatic carbocycles. The average Bonchev–Trinajstić information content (AvgIpc) is 2.90. The fraction of sp³-hybridized carbons (Fsp3) is 0.381. The van der Waals surface area contributed by atoms with E-state index in [9.17, 15) is 14.4 Å². The summed E-state index contributed by atoms with van der Waals surface area (Å²) in [6, 6.07) is 9.59. The van der Waals surface area contributed by atoms with Gasteiger partial charge in [0.05, 0.1) is 11.3 Å². The van der Waals surface area contributed by atoms with Crippen molar-refractivity contribution in [3.8, 4) is 11.4 Å². The summed E-state index contributed by atoms with van der Waals surface area (Å²) in [5, 5.41) is 0. The van der Waals surface area contributed by atoms with Gasteiger partial charge in [-0.15, -0.1) is 0 Å². The van der Waals surface area contributed by atoms with Crippen LogP contribution in [0.25, 0.3) is 5.69 Å². The first kappa shape index (κ1) is 19.7. The summed E-state index contributed by atoms with van der Waals surface area (Å²) in [6.07, 6.45) is -0.991. The molecule has 7 heteroatoms. The van der Waals surface area contributed by atoms with Gasteiger partial charge in [0.2, 0.25) is 0 Å². The molecule has 1 aromatic heterocycles. The Morgan fingerprint density at radius 2 is 1.79 bits per heavy atom. The SMILES string of the molecule is CC(=O)OC[C@H]1Oc2c(C(C)=O)c(C)n(-c3ccccc3)c2C[C@@H]1OC(C)=O. The molecule has 3 rings (SSSR count). The highest BCUT2D eigenvalue weighted by molar-refractivity contribution is 5.99. The van der Waals surface area contributed by atoms with E-state index in [2.05, 4.69) is 0 Å². The molecule has 28 heavy (non-hydrogen) atoms. The lowest BCUT2D eigenvalue weighted by atomic mass is 10.0. The Morgan fingerprint density at radius 3 is 2.36 bits per heavy atom. The standard InChI is InChI=1S/C21H23NO6/c1-12-20(13(2)23)21-17(22(12)16-8-6-5-7-9-16)10-18(27-15(4)25)19(28-21)11-26-14(3)24/h5-9,18-19H,10-11H2,1-4H3/t18-,19+/m0/s1. The number of hydrogen-bond donors (Lipinski definition) is 0. The number of carbonyl (C=O) groups is 3. The van der Waals surface area contributed by atoms with Gasteiger partial charge in [0.15, 0.2) is 17.6 Å². The molecule has 0 radical (unpaired) electrons. The van der Waals surface area contributed by atoms with Gasteiger partial charge in [0, 0.05) is 31.6 Å². The van der Waals surface area contributed by atoms with Crippen LogP contribution in [0, 0.1) is 6.92 Å². The van der Waals surface area contributed by atoms with E-state index in [0.29, 0.717) is 17.7 Å². The van der Waals surface area contributed by atoms with Crippen LogP contribution in [0.4, 0.5) is 0 Å². The fourth-order valence-electron chi connectivity index (χ4n) is 3.60. The molecule has 2 aromatic rings. The minimum absolute atomic E-state index is 0.0698. The summed E-state index contributed by atoms with van der Waals surface area (Å²) in [5.74, 6) is -0.581. The Labute approximate surface area is 163 Å². The van der Waals surface area contributed by atoms with E-state index < -0.39 is 24.1 Å². The van der Waals surface area contributed by atoms with Crippen molar-refractivity contribution in [2.24, 2.45) is 0 Å². The molecule has 0 bridgehead atoms. The monoisotopic (exact) mass is 385 g/mol. The molecule has 2 atom stereocenters. The highest BCUT2D eigenvalue weighted by atomic mass is 16.6. The summed E-state index contributed by atoms with van der Waals surface area (Å²) in [4.78, 5) is 35.2. The van der Waals surface area contributed by atoms with Crippen LogP contribution in [0.5, 0.6) is 5.75 Å². The van der Waals surface area contributed by atoms with Crippen molar-refractivity contribution in [3.63, 3.8) is 0 Å². The second-order valence-corrected chi connectivity index (χ2v) is 6.77. The maximum atomic E-state index is 12.4. The molecule has 2 heterocycles. The zero-order valence-electron chi connectivity index (χ0n) is 16.4. The Kier molecular flexibility index (Phi) is 5.53. The van der Waals surface area contributed by atoms with Crippen LogP contribution in [0.3, 0.4) is 0 Å². The van der Waals surface area contributed by atoms with E-state index in [-0.39, 0.29) is 12.4 Å². The number of fused-ring (bicyclic) bond motifs is 1. The van der Waals surface area contributed by atoms with Gasteiger partial charge in [0.1, 0.15) is 12.7 Å². The van der Waals surface area contributed by atoms with E-state index >= 15 is 0 Å². The van der Waals surface area contributed by atoms with Crippen LogP contribution < -0.4 is 4.74 Å². The predicted molar refractivity (Wildman–Crippen MR) is 101 cm³/mol. The van der Waals surface area contributed by atoms with Crippen LogP contribution in [0.2, 0.25) is 0 Å². The van der Waals surface area contributed by atoms with E-state index in [4.69, 9.17) is 14.2 Å². The Bertz CT molecular complexity index is 915. The smallest absolute Gasteiger partial charge is 0.303 e. The Balaban J connectivity index is 2.11. The fourth-order valence-corrected chi connectivity index (χ4v) is 3.60. The van der Waals surface area contributed by atoms with E-state index in [0.717, 1.165) is 17.1 Å². The maximum absolute atomic E-state index is 12.4. The first-order valence-corrected chi connectivity index (χ1v) is 9.07. The molecule has 0 saturated heterocycles. The van der Waals surface area contributed by atoms with Crippen molar-refractivity contribution in [1.82, 2.24) is 4.57 Å². The number of ketones is 1. The molecule has 0 aliphatic carbocycles. The molecule has 1 aliphatic rings. The van der Waals surface area contributed by atoms with Crippen LogP contribution in [-0.2, 0) is 25.5 Å². The predicted octanol–water partition coefficient (Wildman–Crippen LogP) is 2.79. The third-order valence-electron chi connectivity index (χ3n) is 4.67. The summed E-state index contributed by atoms with van der Waals surface area (Å²) in [7, 11) is 0. The second-order valence-electron chi connectivity index (χ2n) is 6.77. The zero-order valence-corrected chi connectivity index (χ0v) is 16.4. The number of aromatic nitrogens is 1. The van der Waals surface area contributed by atoms with Gasteiger partial charge < -0.3 is 18.8 Å². The molecular formula is C21H23NO6. The van der Waals surface area contributed by atoms with E-state index in [1.807, 2.05) is 41.8 Å². The van der Waals surface area contributed by atoms with Gasteiger partial charge in [-0.25, -0.2) is 0 Å². The molecule has 148 valence electrons. The van der Waals surface area contributed by atoms with Gasteiger partial charge in [-0.3, -0.25) is 14.4 Å². The van der Waals surface area contributed by atoms with E-state index in [1.54, 1.807) is 0 Å². The first-order chi connectivity index (χ1) is 13.3. The molecule has 0 saturated carbocycles. The van der Waals surface area contributed by atoms with Gasteiger partial charge in [-0.2, -0.15) is 0 Å². The third-order valence-corrected chi connectivity index (χ3v) is 4.67. The molecule has 0 amide bonds. The number of carbonyl (C=O) groups excluding carboxylic acids is 3. The summed E-state index contributed by atoms with van der Waals surface area (Å²) < 4.78 is 18.5. The Morgan fingerprint density at radius 1 is 1.11 bits per heavy atom. The topological polar surface area (TPSA) is 83.8 Å². The number of ether oxygens (including phenoxy) is 3. The lowest BCUT2D eigenvalue weighted by Crippen LogP contribution is -2.44. The van der Waals surface area contributed by atoms with E-state index in [1.165, 1.54) is 20.8 Å². The van der Waals surface area contributed by atoms with Crippen LogP contribution in [0.15, 0.2) is 30.3 Å². The van der Waals surface area contributed by atoms with Crippen molar-refractivity contribution in [2.75, 3.05) is 6.61 Å². The largest absolute Gasteiger partial charge is 0.480 e. The van der Waals surface area contributed by atoms with Gasteiger partial charge in [0.25, 0.3) is 0 Å². The Hall–Kier alpha value is -3.09. The highest BCUT2D eigenvalue weighted by Crippen LogP contribution is 2.39. The number of nitrogens with zero attached hydrogens (tertiary/aromatic N) is 1. The normalized spacial score (nSPS) is 18.0. The molecular weight excluding hydrogens is 362 g/mol. The van der Waals surface area contributed by atoms with Crippen molar-refractivity contribution in [1.29, 1.82) is 0 Å². The quantitative estimate of drug-likeness (QED) is 0.581. The molecule has 0 unspecified atom stereocenters. The summed E-state index contributed by atoms with van der Waals surface area (Å²) >= 11 is 0. The van der Waals surface area contributed by atoms with Crippen LogP contribution in [0.1, 0.15) is 42.5 Å². The molecule has 0 fully saturated rings. The molecule has 0 spiro atoms. The lowest BCUT2D eigenvalue weighted by Gasteiger charge is -2.32. The summed E-state index contributed by atoms with van der Waals surface area (Å²) in [5.41, 5.74) is 2.86. The minimum Gasteiger partial charge on any atom is -0.480 e. The van der Waals surface area contributed by atoms with Crippen molar-refractivity contribution in [3.05, 3.63) is 47.3 Å². The highest BCUT2D eigenvalue weighted by Gasteiger charge is 2.39. The van der Waals surface area contributed by atoms with Crippen molar-refractivity contribution >= 4 is 17.7 Å². The number of esters is 2. The summed E-state index contributed by atoms with van der Waals surface area (Å²) in [6.45, 7) is 5.89. The first-order valence-electron chi connectivity index (χ1n) is 9.07. The number of Topliss-reactive ketones (excluding diaryl/α,β-unsaturated/α-hetero) is 1. The second kappa shape index (κ2) is 7.88. The average molecular weight is 385 g/mol. The van der Waals surface area contributed by atoms with Crippen LogP contribution >= 0.6 is 0 Å². The molecule has 0 N–H and O–H groups in total. The lowest BCUT2D eigenvalue weighted by molar-refractivity contribution is -0.157. The van der Waals surface area contributed by atoms with Gasteiger partial charge in [-0.05, 0) is 26.0 Å². The van der Waals surface area contributed by atoms with Crippen LogP contribution in [-0.4, -0.2) is 41.1 Å². The number of rotatable bonds is 5. The number of benzene rings is 1. The van der Waals surface area contributed by atoms with Gasteiger partial charge >= 0.3 is 11.9 Å². The zero-order chi connectivity index (χ0) is 20.4. The maximum Gasteiger partial charge on any atom is 0.303 e. The molecule has 1 aliphatic heterocycles. The third kappa shape index (κ3) is 3.78. The molecule has 7 nitrogen and oxygen atoms in total. The van der Waals surface area contributed by atoms with Gasteiger partial charge in [-0.1, -0.05) is 18.2 Å². The number of para-hydroxylation sites is 1. The minimum atomic E-state index is -0.690.